The molecule has 0 radical (unpaired) electrons. The number of rotatable bonds is 9. The first-order valence-corrected chi connectivity index (χ1v) is 6.24. The largest absolute Gasteiger partial charge is 0.349 e. The van der Waals surface area contributed by atoms with E-state index in [1.807, 2.05) is 0 Å². The summed E-state index contributed by atoms with van der Waals surface area (Å²) in [4.78, 5) is 15.4. The summed E-state index contributed by atoms with van der Waals surface area (Å²) in [6.07, 6.45) is 3.99. The minimum Gasteiger partial charge on any atom is -0.349 e. The van der Waals surface area contributed by atoms with E-state index >= 15 is 0 Å². The number of nitrogens with zero attached hydrogens (tertiary/aromatic N) is 2. The van der Waals surface area contributed by atoms with Crippen molar-refractivity contribution < 1.29 is 4.79 Å². The molecule has 4 heteroatoms. The van der Waals surface area contributed by atoms with Crippen LogP contribution in [0.4, 0.5) is 0 Å². The van der Waals surface area contributed by atoms with Crippen LogP contribution >= 0.6 is 0 Å². The molecule has 0 fully saturated rings. The normalized spacial score (nSPS) is 10.8. The fourth-order valence-corrected chi connectivity index (χ4v) is 1.58. The van der Waals surface area contributed by atoms with Crippen molar-refractivity contribution in [1.82, 2.24) is 9.80 Å². The zero-order valence-electron chi connectivity index (χ0n) is 11.0. The standard InChI is InChI=1S/C12H27N3O/c1-4-5-9-15(11-8-13)10-6-7-12(16)14(2)3/h4-11,13H2,1-3H3. The molecule has 0 saturated carbocycles. The highest BCUT2D eigenvalue weighted by Crippen LogP contribution is 2.00. The number of amides is 1. The predicted octanol–water partition coefficient (Wildman–Crippen LogP) is 0.916. The fourth-order valence-electron chi connectivity index (χ4n) is 1.58. The van der Waals surface area contributed by atoms with Gasteiger partial charge in [0, 0.05) is 33.6 Å². The Morgan fingerprint density at radius 3 is 2.25 bits per heavy atom. The van der Waals surface area contributed by atoms with Crippen molar-refractivity contribution in [3.63, 3.8) is 0 Å². The maximum absolute atomic E-state index is 11.4. The summed E-state index contributed by atoms with van der Waals surface area (Å²) in [7, 11) is 3.61. The molecule has 1 amide bonds. The molecule has 0 aromatic carbocycles. The molecule has 96 valence electrons. The van der Waals surface area contributed by atoms with Gasteiger partial charge in [-0.25, -0.2) is 0 Å². The predicted molar refractivity (Wildman–Crippen MR) is 68.3 cm³/mol. The topological polar surface area (TPSA) is 49.6 Å². The van der Waals surface area contributed by atoms with Gasteiger partial charge in [-0.05, 0) is 25.9 Å². The summed E-state index contributed by atoms with van der Waals surface area (Å²) < 4.78 is 0. The molecule has 0 unspecified atom stereocenters. The van der Waals surface area contributed by atoms with Crippen LogP contribution in [0.15, 0.2) is 0 Å². The van der Waals surface area contributed by atoms with E-state index in [1.54, 1.807) is 19.0 Å². The van der Waals surface area contributed by atoms with Crippen LogP contribution in [-0.2, 0) is 4.79 Å². The van der Waals surface area contributed by atoms with Gasteiger partial charge >= 0.3 is 0 Å². The van der Waals surface area contributed by atoms with Crippen LogP contribution in [0.3, 0.4) is 0 Å². The molecular formula is C12H27N3O. The van der Waals surface area contributed by atoms with Gasteiger partial charge in [0.05, 0.1) is 0 Å². The zero-order chi connectivity index (χ0) is 12.4. The summed E-state index contributed by atoms with van der Waals surface area (Å²) in [5.74, 6) is 0.211. The van der Waals surface area contributed by atoms with E-state index < -0.39 is 0 Å². The fraction of sp³-hybridized carbons (Fsp3) is 0.917. The van der Waals surface area contributed by atoms with E-state index in [9.17, 15) is 4.79 Å². The van der Waals surface area contributed by atoms with Crippen molar-refractivity contribution >= 4 is 5.91 Å². The molecule has 2 N–H and O–H groups in total. The first-order chi connectivity index (χ1) is 7.61. The van der Waals surface area contributed by atoms with Crippen molar-refractivity contribution in [2.24, 2.45) is 5.73 Å². The highest BCUT2D eigenvalue weighted by molar-refractivity contribution is 5.75. The maximum Gasteiger partial charge on any atom is 0.222 e. The van der Waals surface area contributed by atoms with Crippen molar-refractivity contribution in [3.05, 3.63) is 0 Å². The van der Waals surface area contributed by atoms with E-state index in [0.717, 1.165) is 26.1 Å². The molecule has 0 spiro atoms. The van der Waals surface area contributed by atoms with E-state index in [-0.39, 0.29) is 5.91 Å². The Balaban J connectivity index is 3.70. The first-order valence-electron chi connectivity index (χ1n) is 6.24. The molecule has 0 aliphatic carbocycles. The van der Waals surface area contributed by atoms with Gasteiger partial charge in [-0.15, -0.1) is 0 Å². The summed E-state index contributed by atoms with van der Waals surface area (Å²) in [6, 6.07) is 0. The Hall–Kier alpha value is -0.610. The van der Waals surface area contributed by atoms with Crippen molar-refractivity contribution in [2.45, 2.75) is 32.6 Å². The number of unbranched alkanes of at least 4 members (excludes halogenated alkanes) is 1. The Morgan fingerprint density at radius 1 is 1.12 bits per heavy atom. The smallest absolute Gasteiger partial charge is 0.222 e. The first kappa shape index (κ1) is 15.4. The van der Waals surface area contributed by atoms with Gasteiger partial charge in [0.15, 0.2) is 0 Å². The van der Waals surface area contributed by atoms with E-state index in [4.69, 9.17) is 5.73 Å². The van der Waals surface area contributed by atoms with Crippen LogP contribution in [-0.4, -0.2) is 56.0 Å². The third-order valence-corrected chi connectivity index (χ3v) is 2.64. The lowest BCUT2D eigenvalue weighted by Crippen LogP contribution is -2.32. The van der Waals surface area contributed by atoms with E-state index in [1.165, 1.54) is 12.8 Å². The molecule has 0 heterocycles. The quantitative estimate of drug-likeness (QED) is 0.639. The molecule has 16 heavy (non-hydrogen) atoms. The molecular weight excluding hydrogens is 202 g/mol. The van der Waals surface area contributed by atoms with Crippen LogP contribution < -0.4 is 5.73 Å². The van der Waals surface area contributed by atoms with Crippen LogP contribution in [0.25, 0.3) is 0 Å². The third kappa shape index (κ3) is 7.65. The molecule has 0 aromatic rings. The summed E-state index contributed by atoms with van der Waals surface area (Å²) >= 11 is 0. The Morgan fingerprint density at radius 2 is 1.75 bits per heavy atom. The van der Waals surface area contributed by atoms with Gasteiger partial charge in [0.2, 0.25) is 5.91 Å². The molecule has 4 nitrogen and oxygen atoms in total. The zero-order valence-corrected chi connectivity index (χ0v) is 11.0. The van der Waals surface area contributed by atoms with Crippen molar-refractivity contribution in [3.8, 4) is 0 Å². The lowest BCUT2D eigenvalue weighted by molar-refractivity contribution is -0.128. The molecule has 0 aliphatic heterocycles. The summed E-state index contributed by atoms with van der Waals surface area (Å²) in [5.41, 5.74) is 5.56. The Labute approximate surface area is 99.8 Å². The highest BCUT2D eigenvalue weighted by atomic mass is 16.2. The average Bonchev–Trinajstić information content (AvgIpc) is 2.25. The molecule has 0 aromatic heterocycles. The van der Waals surface area contributed by atoms with Crippen LogP contribution in [0, 0.1) is 0 Å². The number of hydrogen-bond donors (Lipinski definition) is 1. The van der Waals surface area contributed by atoms with Gasteiger partial charge in [-0.2, -0.15) is 0 Å². The van der Waals surface area contributed by atoms with Gasteiger partial charge in [-0.1, -0.05) is 13.3 Å². The maximum atomic E-state index is 11.4. The van der Waals surface area contributed by atoms with Crippen molar-refractivity contribution in [1.29, 1.82) is 0 Å². The minimum absolute atomic E-state index is 0.211. The average molecular weight is 229 g/mol. The molecule has 0 saturated heterocycles. The molecule has 0 rings (SSSR count). The van der Waals surface area contributed by atoms with Gasteiger partial charge in [-0.3, -0.25) is 4.79 Å². The van der Waals surface area contributed by atoms with E-state index in [0.29, 0.717) is 13.0 Å². The Kier molecular flexibility index (Phi) is 9.24. The summed E-state index contributed by atoms with van der Waals surface area (Å²) in [5, 5.41) is 0. The third-order valence-electron chi connectivity index (χ3n) is 2.64. The number of hydrogen-bond acceptors (Lipinski definition) is 3. The highest BCUT2D eigenvalue weighted by Gasteiger charge is 2.06. The second kappa shape index (κ2) is 9.60. The van der Waals surface area contributed by atoms with Gasteiger partial charge < -0.3 is 15.5 Å². The number of carbonyl (C=O) groups excluding carboxylic acids is 1. The number of carbonyl (C=O) groups is 1. The lowest BCUT2D eigenvalue weighted by atomic mass is 10.2. The van der Waals surface area contributed by atoms with Crippen LogP contribution in [0.2, 0.25) is 0 Å². The second-order valence-corrected chi connectivity index (χ2v) is 4.38. The monoisotopic (exact) mass is 229 g/mol. The second-order valence-electron chi connectivity index (χ2n) is 4.38. The van der Waals surface area contributed by atoms with Gasteiger partial charge in [0.25, 0.3) is 0 Å². The number of nitrogens with two attached hydrogens (primary N) is 1. The van der Waals surface area contributed by atoms with Crippen molar-refractivity contribution in [2.75, 3.05) is 40.3 Å². The summed E-state index contributed by atoms with van der Waals surface area (Å²) in [6.45, 7) is 5.92. The molecule has 0 bridgehead atoms. The molecule has 0 aliphatic rings. The molecule has 0 atom stereocenters. The van der Waals surface area contributed by atoms with Gasteiger partial charge in [0.1, 0.15) is 0 Å². The van der Waals surface area contributed by atoms with Crippen LogP contribution in [0.1, 0.15) is 32.6 Å². The van der Waals surface area contributed by atoms with E-state index in [2.05, 4.69) is 11.8 Å². The van der Waals surface area contributed by atoms with Crippen LogP contribution in [0.5, 0.6) is 0 Å². The lowest BCUT2D eigenvalue weighted by Gasteiger charge is -2.21. The Bertz CT molecular complexity index is 183. The SMILES string of the molecule is CCCCN(CCN)CCCC(=O)N(C)C. The minimum atomic E-state index is 0.211.